The van der Waals surface area contributed by atoms with E-state index in [0.717, 1.165) is 5.56 Å². The molecule has 7 heteroatoms. The van der Waals surface area contributed by atoms with E-state index in [0.29, 0.717) is 22.3 Å². The minimum Gasteiger partial charge on any atom is -0.455 e. The molecule has 1 heterocycles. The van der Waals surface area contributed by atoms with Gasteiger partial charge in [0.15, 0.2) is 11.0 Å². The molecule has 0 spiro atoms. The third-order valence-electron chi connectivity index (χ3n) is 5.09. The Labute approximate surface area is 177 Å². The average molecular weight is 414 g/mol. The lowest BCUT2D eigenvalue weighted by molar-refractivity contribution is -0.385. The Morgan fingerprint density at radius 3 is 2.45 bits per heavy atom. The van der Waals surface area contributed by atoms with Crippen LogP contribution < -0.4 is 10.7 Å². The molecule has 31 heavy (non-hydrogen) atoms. The fraction of sp³-hybridized carbons (Fsp3) is 0.0833. The summed E-state index contributed by atoms with van der Waals surface area (Å²) in [5.41, 5.74) is 1.95. The molecule has 4 aromatic rings. The summed E-state index contributed by atoms with van der Waals surface area (Å²) in [7, 11) is 0. The summed E-state index contributed by atoms with van der Waals surface area (Å²) in [6.07, 6.45) is 0. The Bertz CT molecular complexity index is 1390. The molecule has 1 N–H and O–H groups in total. The number of anilines is 1. The van der Waals surface area contributed by atoms with Crippen LogP contribution in [0.3, 0.4) is 0 Å². The van der Waals surface area contributed by atoms with Crippen molar-refractivity contribution in [2.45, 2.75) is 13.8 Å². The second kappa shape index (κ2) is 7.87. The first-order chi connectivity index (χ1) is 14.9. The number of nitrogens with one attached hydrogen (secondary N) is 1. The minimum absolute atomic E-state index is 0.0933. The van der Waals surface area contributed by atoms with E-state index >= 15 is 0 Å². The number of nitro groups is 1. The van der Waals surface area contributed by atoms with E-state index in [9.17, 15) is 19.7 Å². The first-order valence-electron chi connectivity index (χ1n) is 9.55. The molecule has 3 aromatic carbocycles. The van der Waals surface area contributed by atoms with Gasteiger partial charge >= 0.3 is 0 Å². The topological polar surface area (TPSA) is 102 Å². The Hall–Kier alpha value is -4.26. The van der Waals surface area contributed by atoms with Gasteiger partial charge in [0.05, 0.1) is 15.9 Å². The van der Waals surface area contributed by atoms with Crippen molar-refractivity contribution in [3.8, 4) is 11.3 Å². The van der Waals surface area contributed by atoms with E-state index in [-0.39, 0.29) is 28.0 Å². The molecule has 0 unspecified atom stereocenters. The first-order valence-corrected chi connectivity index (χ1v) is 9.55. The summed E-state index contributed by atoms with van der Waals surface area (Å²) in [4.78, 5) is 36.6. The van der Waals surface area contributed by atoms with Gasteiger partial charge in [0.1, 0.15) is 5.76 Å². The molecule has 1 amide bonds. The summed E-state index contributed by atoms with van der Waals surface area (Å²) in [6, 6.07) is 18.4. The van der Waals surface area contributed by atoms with Crippen LogP contribution in [0.15, 0.2) is 75.9 Å². The van der Waals surface area contributed by atoms with Crippen molar-refractivity contribution in [3.63, 3.8) is 0 Å². The summed E-state index contributed by atoms with van der Waals surface area (Å²) < 4.78 is 6.06. The van der Waals surface area contributed by atoms with Gasteiger partial charge in [-0.25, -0.2) is 0 Å². The van der Waals surface area contributed by atoms with Gasteiger partial charge in [-0.15, -0.1) is 0 Å². The number of aryl methyl sites for hydroxylation is 1. The van der Waals surface area contributed by atoms with Crippen LogP contribution >= 0.6 is 0 Å². The Morgan fingerprint density at radius 1 is 1.00 bits per heavy atom. The van der Waals surface area contributed by atoms with E-state index in [1.807, 2.05) is 30.3 Å². The molecule has 0 atom stereocenters. The normalized spacial score (nSPS) is 10.8. The summed E-state index contributed by atoms with van der Waals surface area (Å²) in [6.45, 7) is 3.31. The standard InChI is InChI=1S/C24H18N2O5/c1-14-11-12-17(13-20(14)26(29)30)25-24(28)19-10-6-9-18-21(27)15(2)22(31-23(18)19)16-7-4-3-5-8-16/h3-13H,1-2H3,(H,25,28). The average Bonchev–Trinajstić information content (AvgIpc) is 2.77. The number of carbonyl (C=O) groups is 1. The number of hydrogen-bond acceptors (Lipinski definition) is 5. The van der Waals surface area contributed by atoms with Crippen molar-refractivity contribution in [2.24, 2.45) is 0 Å². The number of benzene rings is 3. The highest BCUT2D eigenvalue weighted by atomic mass is 16.6. The van der Waals surface area contributed by atoms with Gasteiger partial charge in [0.25, 0.3) is 11.6 Å². The number of rotatable bonds is 4. The molecule has 1 aromatic heterocycles. The molecule has 7 nitrogen and oxygen atoms in total. The molecular formula is C24H18N2O5. The molecule has 0 saturated carbocycles. The number of para-hydroxylation sites is 1. The zero-order valence-corrected chi connectivity index (χ0v) is 16.8. The smallest absolute Gasteiger partial charge is 0.274 e. The van der Waals surface area contributed by atoms with Gasteiger partial charge < -0.3 is 9.73 Å². The SMILES string of the molecule is Cc1ccc(NC(=O)c2cccc3c(=O)c(C)c(-c4ccccc4)oc23)cc1[N+](=O)[O-]. The van der Waals surface area contributed by atoms with Crippen LogP contribution in [0.4, 0.5) is 11.4 Å². The monoisotopic (exact) mass is 414 g/mol. The molecule has 0 aliphatic carbocycles. The third kappa shape index (κ3) is 3.69. The van der Waals surface area contributed by atoms with Crippen molar-refractivity contribution >= 4 is 28.3 Å². The van der Waals surface area contributed by atoms with Crippen LogP contribution in [-0.4, -0.2) is 10.8 Å². The number of nitrogens with zero attached hydrogens (tertiary/aromatic N) is 1. The van der Waals surface area contributed by atoms with Crippen LogP contribution in [-0.2, 0) is 0 Å². The zero-order valence-electron chi connectivity index (χ0n) is 16.8. The summed E-state index contributed by atoms with van der Waals surface area (Å²) in [5.74, 6) is -0.140. The summed E-state index contributed by atoms with van der Waals surface area (Å²) >= 11 is 0. The fourth-order valence-corrected chi connectivity index (χ4v) is 3.44. The predicted octanol–water partition coefficient (Wildman–Crippen LogP) is 5.24. The minimum atomic E-state index is -0.533. The van der Waals surface area contributed by atoms with Gasteiger partial charge in [0, 0.05) is 28.4 Å². The maximum atomic E-state index is 13.0. The highest BCUT2D eigenvalue weighted by Crippen LogP contribution is 2.28. The van der Waals surface area contributed by atoms with E-state index in [1.165, 1.54) is 6.07 Å². The number of hydrogen-bond donors (Lipinski definition) is 1. The molecule has 4 rings (SSSR count). The van der Waals surface area contributed by atoms with E-state index in [1.54, 1.807) is 44.2 Å². The molecule has 0 aliphatic heterocycles. The number of amides is 1. The van der Waals surface area contributed by atoms with Crippen molar-refractivity contribution in [3.05, 3.63) is 104 Å². The zero-order chi connectivity index (χ0) is 22.1. The lowest BCUT2D eigenvalue weighted by atomic mass is 10.0. The third-order valence-corrected chi connectivity index (χ3v) is 5.09. The van der Waals surface area contributed by atoms with Crippen molar-refractivity contribution in [1.82, 2.24) is 0 Å². The Kier molecular flexibility index (Phi) is 5.09. The number of carbonyl (C=O) groups excluding carboxylic acids is 1. The summed E-state index contributed by atoms with van der Waals surface area (Å²) in [5, 5.41) is 14.1. The van der Waals surface area contributed by atoms with Gasteiger partial charge in [-0.3, -0.25) is 19.7 Å². The van der Waals surface area contributed by atoms with Crippen molar-refractivity contribution < 1.29 is 14.1 Å². The van der Waals surface area contributed by atoms with Crippen LogP contribution in [0.25, 0.3) is 22.3 Å². The van der Waals surface area contributed by atoms with E-state index in [2.05, 4.69) is 5.32 Å². The largest absolute Gasteiger partial charge is 0.455 e. The number of nitro benzene ring substituents is 1. The first kappa shape index (κ1) is 20.0. The molecule has 154 valence electrons. The Balaban J connectivity index is 1.82. The molecular weight excluding hydrogens is 396 g/mol. The van der Waals surface area contributed by atoms with Crippen molar-refractivity contribution in [2.75, 3.05) is 5.32 Å². The van der Waals surface area contributed by atoms with Crippen LogP contribution in [0.5, 0.6) is 0 Å². The van der Waals surface area contributed by atoms with Gasteiger partial charge in [-0.05, 0) is 32.0 Å². The maximum Gasteiger partial charge on any atom is 0.274 e. The number of fused-ring (bicyclic) bond motifs is 1. The molecule has 0 aliphatic rings. The predicted molar refractivity (Wildman–Crippen MR) is 118 cm³/mol. The molecule has 0 saturated heterocycles. The lowest BCUT2D eigenvalue weighted by Crippen LogP contribution is -2.15. The quantitative estimate of drug-likeness (QED) is 0.363. The second-order valence-corrected chi connectivity index (χ2v) is 7.15. The van der Waals surface area contributed by atoms with Gasteiger partial charge in [0.2, 0.25) is 0 Å². The van der Waals surface area contributed by atoms with Gasteiger partial charge in [-0.2, -0.15) is 0 Å². The molecule has 0 bridgehead atoms. The fourth-order valence-electron chi connectivity index (χ4n) is 3.44. The lowest BCUT2D eigenvalue weighted by Gasteiger charge is -2.11. The maximum absolute atomic E-state index is 13.0. The highest BCUT2D eigenvalue weighted by molar-refractivity contribution is 6.11. The van der Waals surface area contributed by atoms with Gasteiger partial charge in [-0.1, -0.05) is 42.5 Å². The molecule has 0 radical (unpaired) electrons. The highest BCUT2D eigenvalue weighted by Gasteiger charge is 2.19. The van der Waals surface area contributed by atoms with E-state index in [4.69, 9.17) is 4.42 Å². The van der Waals surface area contributed by atoms with Crippen LogP contribution in [0.1, 0.15) is 21.5 Å². The Morgan fingerprint density at radius 2 is 1.74 bits per heavy atom. The van der Waals surface area contributed by atoms with Crippen LogP contribution in [0.2, 0.25) is 0 Å². The van der Waals surface area contributed by atoms with Crippen molar-refractivity contribution in [1.29, 1.82) is 0 Å². The second-order valence-electron chi connectivity index (χ2n) is 7.15. The van der Waals surface area contributed by atoms with E-state index < -0.39 is 10.8 Å². The van der Waals surface area contributed by atoms with Crippen LogP contribution in [0, 0.1) is 24.0 Å². The molecule has 0 fully saturated rings.